The predicted octanol–water partition coefficient (Wildman–Crippen LogP) is 5.35. The molecule has 1 aliphatic rings. The van der Waals surface area contributed by atoms with Crippen LogP contribution in [0.4, 0.5) is 0 Å². The highest BCUT2D eigenvalue weighted by molar-refractivity contribution is 5.73. The number of aromatic hydroxyl groups is 1. The molecule has 0 aliphatic heterocycles. The number of phenolic OH excluding ortho intramolecular Hbond substituents is 1. The molecule has 0 heterocycles. The maximum Gasteiger partial charge on any atom is 0.123 e. The van der Waals surface area contributed by atoms with Gasteiger partial charge in [0, 0.05) is 5.56 Å². The first-order valence-corrected chi connectivity index (χ1v) is 7.41. The summed E-state index contributed by atoms with van der Waals surface area (Å²) in [5.74, 6) is 3.09. The Bertz CT molecular complexity index is 719. The molecular weight excluding hydrogens is 268 g/mol. The number of hydrogen-bond donors (Lipinski definition) is 1. The van der Waals surface area contributed by atoms with Crippen LogP contribution in [-0.2, 0) is 0 Å². The summed E-state index contributed by atoms with van der Waals surface area (Å²) in [5, 5.41) is 10.0. The monoisotopic (exact) mass is 290 g/mol. The molecule has 0 unspecified atom stereocenters. The normalized spacial score (nSPS) is 16.3. The smallest absolute Gasteiger partial charge is 0.123 e. The van der Waals surface area contributed by atoms with E-state index in [2.05, 4.69) is 19.1 Å². The molecule has 1 saturated carbocycles. The minimum Gasteiger partial charge on any atom is -0.507 e. The molecule has 1 aromatic carbocycles. The number of allylic oxidation sites excluding steroid dienone is 6. The van der Waals surface area contributed by atoms with Crippen LogP contribution in [0, 0.1) is 17.8 Å². The van der Waals surface area contributed by atoms with E-state index < -0.39 is 0 Å². The Kier molecular flexibility index (Phi) is 4.43. The highest BCUT2D eigenvalue weighted by Gasteiger charge is 2.42. The van der Waals surface area contributed by atoms with Gasteiger partial charge in [-0.3, -0.25) is 0 Å². The second kappa shape index (κ2) is 6.12. The van der Waals surface area contributed by atoms with Gasteiger partial charge in [0.05, 0.1) is 5.41 Å². The first-order chi connectivity index (χ1) is 10.4. The lowest BCUT2D eigenvalue weighted by molar-refractivity contribution is 0.473. The Hall–Kier alpha value is -2.46. The van der Waals surface area contributed by atoms with E-state index in [-0.39, 0.29) is 11.2 Å². The molecule has 1 heteroatoms. The van der Waals surface area contributed by atoms with Gasteiger partial charge in [-0.15, -0.1) is 6.42 Å². The van der Waals surface area contributed by atoms with Gasteiger partial charge < -0.3 is 5.11 Å². The van der Waals surface area contributed by atoms with Crippen LogP contribution in [0.2, 0.25) is 0 Å². The Morgan fingerprint density at radius 1 is 1.32 bits per heavy atom. The first kappa shape index (κ1) is 15.9. The van der Waals surface area contributed by atoms with Crippen molar-refractivity contribution >= 4 is 11.1 Å². The first-order valence-electron chi connectivity index (χ1n) is 7.41. The van der Waals surface area contributed by atoms with E-state index in [1.54, 1.807) is 6.07 Å². The number of hydrogen-bond acceptors (Lipinski definition) is 1. The van der Waals surface area contributed by atoms with E-state index in [4.69, 9.17) is 6.42 Å². The van der Waals surface area contributed by atoms with Crippen molar-refractivity contribution in [2.45, 2.75) is 26.7 Å². The molecule has 0 aromatic heterocycles. The van der Waals surface area contributed by atoms with Crippen LogP contribution in [0.25, 0.3) is 11.1 Å². The molecule has 112 valence electrons. The molecule has 0 radical (unpaired) electrons. The molecule has 0 saturated heterocycles. The Morgan fingerprint density at radius 2 is 2.00 bits per heavy atom. The quantitative estimate of drug-likeness (QED) is 0.572. The van der Waals surface area contributed by atoms with Crippen molar-refractivity contribution in [3.05, 3.63) is 66.3 Å². The van der Waals surface area contributed by atoms with E-state index in [9.17, 15) is 5.11 Å². The third kappa shape index (κ3) is 3.23. The van der Waals surface area contributed by atoms with Crippen molar-refractivity contribution in [3.8, 4) is 18.1 Å². The third-order valence-corrected chi connectivity index (χ3v) is 4.20. The number of phenols is 1. The Balaban J connectivity index is 2.13. The largest absolute Gasteiger partial charge is 0.507 e. The van der Waals surface area contributed by atoms with Crippen molar-refractivity contribution in [2.75, 3.05) is 0 Å². The number of terminal acetylenes is 1. The van der Waals surface area contributed by atoms with Gasteiger partial charge in [-0.1, -0.05) is 49.4 Å². The van der Waals surface area contributed by atoms with Gasteiger partial charge in [0.25, 0.3) is 0 Å². The van der Waals surface area contributed by atoms with Crippen molar-refractivity contribution in [1.29, 1.82) is 0 Å². The van der Waals surface area contributed by atoms with E-state index in [1.165, 1.54) is 0 Å². The lowest BCUT2D eigenvalue weighted by atomic mass is 9.97. The summed E-state index contributed by atoms with van der Waals surface area (Å²) in [7, 11) is 0. The van der Waals surface area contributed by atoms with Gasteiger partial charge in [0.2, 0.25) is 0 Å². The maximum atomic E-state index is 10.0. The van der Waals surface area contributed by atoms with Crippen molar-refractivity contribution in [1.82, 2.24) is 0 Å². The molecule has 0 atom stereocenters. The summed E-state index contributed by atoms with van der Waals surface area (Å²) in [6, 6.07) is 5.65. The summed E-state index contributed by atoms with van der Waals surface area (Å²) in [4.78, 5) is 0. The van der Waals surface area contributed by atoms with Gasteiger partial charge in [-0.05, 0) is 55.0 Å². The molecule has 0 amide bonds. The molecule has 1 fully saturated rings. The van der Waals surface area contributed by atoms with Gasteiger partial charge in [-0.2, -0.15) is 0 Å². The fraction of sp³-hybridized carbons (Fsp3) is 0.238. The van der Waals surface area contributed by atoms with E-state index in [0.29, 0.717) is 0 Å². The minimum atomic E-state index is -0.0976. The second-order valence-corrected chi connectivity index (χ2v) is 5.97. The molecule has 1 nitrogen and oxygen atoms in total. The van der Waals surface area contributed by atoms with Gasteiger partial charge in [0.1, 0.15) is 5.75 Å². The fourth-order valence-corrected chi connectivity index (χ4v) is 2.39. The molecule has 1 N–H and O–H groups in total. The van der Waals surface area contributed by atoms with Crippen molar-refractivity contribution < 1.29 is 5.11 Å². The lowest BCUT2D eigenvalue weighted by Gasteiger charge is -2.07. The fourth-order valence-electron chi connectivity index (χ4n) is 2.39. The summed E-state index contributed by atoms with van der Waals surface area (Å²) < 4.78 is 0. The summed E-state index contributed by atoms with van der Waals surface area (Å²) >= 11 is 0. The second-order valence-electron chi connectivity index (χ2n) is 5.97. The van der Waals surface area contributed by atoms with Crippen LogP contribution in [0.1, 0.15) is 37.8 Å². The zero-order valence-corrected chi connectivity index (χ0v) is 13.3. The highest BCUT2D eigenvalue weighted by atomic mass is 16.3. The molecular formula is C21H22O. The molecule has 1 aliphatic carbocycles. The van der Waals surface area contributed by atoms with Gasteiger partial charge in [-0.25, -0.2) is 0 Å². The van der Waals surface area contributed by atoms with Gasteiger partial charge >= 0.3 is 0 Å². The van der Waals surface area contributed by atoms with E-state index in [1.807, 2.05) is 44.2 Å². The summed E-state index contributed by atoms with van der Waals surface area (Å²) in [6.45, 7) is 11.8. The number of benzene rings is 1. The molecule has 0 bridgehead atoms. The topological polar surface area (TPSA) is 20.2 Å². The predicted molar refractivity (Wildman–Crippen MR) is 95.2 cm³/mol. The zero-order valence-electron chi connectivity index (χ0n) is 13.3. The average Bonchev–Trinajstić information content (AvgIpc) is 3.27. The Labute approximate surface area is 133 Å². The van der Waals surface area contributed by atoms with Crippen LogP contribution in [0.15, 0.2) is 55.2 Å². The maximum absolute atomic E-state index is 10.0. The average molecular weight is 290 g/mol. The van der Waals surface area contributed by atoms with E-state index >= 15 is 0 Å². The van der Waals surface area contributed by atoms with Crippen molar-refractivity contribution in [3.63, 3.8) is 0 Å². The van der Waals surface area contributed by atoms with Crippen LogP contribution in [0.5, 0.6) is 5.75 Å². The minimum absolute atomic E-state index is 0.0976. The SMILES string of the molecule is C#CC1(C(=C)/C=C\C=C(/C)c2ccc(C(=C)C)c(O)c2)CC1. The van der Waals surface area contributed by atoms with Crippen LogP contribution >= 0.6 is 0 Å². The third-order valence-electron chi connectivity index (χ3n) is 4.20. The van der Waals surface area contributed by atoms with E-state index in [0.717, 1.165) is 40.7 Å². The van der Waals surface area contributed by atoms with Crippen LogP contribution < -0.4 is 0 Å². The molecule has 0 spiro atoms. The molecule has 1 aromatic rings. The van der Waals surface area contributed by atoms with Crippen LogP contribution in [0.3, 0.4) is 0 Å². The van der Waals surface area contributed by atoms with Crippen molar-refractivity contribution in [2.24, 2.45) is 5.41 Å². The molecule has 22 heavy (non-hydrogen) atoms. The molecule has 2 rings (SSSR count). The van der Waals surface area contributed by atoms with Crippen LogP contribution in [-0.4, -0.2) is 5.11 Å². The Morgan fingerprint density at radius 3 is 2.50 bits per heavy atom. The summed E-state index contributed by atoms with van der Waals surface area (Å²) in [5.41, 5.74) is 4.59. The lowest BCUT2D eigenvalue weighted by Crippen LogP contribution is -1.96. The standard InChI is InChI=1S/C21H22O/c1-6-21(12-13-21)17(5)9-7-8-16(4)18-10-11-19(15(2)3)20(22)14-18/h1,7-11,14,22H,2,5,12-13H2,3-4H3/b9-7-,16-8+. The van der Waals surface area contributed by atoms with Gasteiger partial charge in [0.15, 0.2) is 0 Å². The highest BCUT2D eigenvalue weighted by Crippen LogP contribution is 2.51. The summed E-state index contributed by atoms with van der Waals surface area (Å²) in [6.07, 6.45) is 13.6. The number of rotatable bonds is 5. The zero-order chi connectivity index (χ0) is 16.3.